The van der Waals surface area contributed by atoms with Gasteiger partial charge in [0.15, 0.2) is 0 Å². The van der Waals surface area contributed by atoms with E-state index in [1.807, 2.05) is 0 Å². The number of hydrogen-bond acceptors (Lipinski definition) is 2. The van der Waals surface area contributed by atoms with Crippen molar-refractivity contribution < 1.29 is 61.3 Å². The molecule has 2 nitrogen and oxygen atoms in total. The van der Waals surface area contributed by atoms with Gasteiger partial charge in [0.1, 0.15) is 0 Å². The fraction of sp³-hybridized carbons (Fsp3) is 0.917. The van der Waals surface area contributed by atoms with Gasteiger partial charge in [0.05, 0.1) is 0 Å². The summed E-state index contributed by atoms with van der Waals surface area (Å²) < 4.78 is 0. The largest absolute Gasteiger partial charge is 1.00 e. The molecule has 0 radical (unpaired) electrons. The average molecular weight is 236 g/mol. The van der Waals surface area contributed by atoms with E-state index in [1.54, 1.807) is 0 Å². The number of carboxylic acid groups (broad SMARTS) is 1. The molecule has 3 unspecified atom stereocenters. The Balaban J connectivity index is 0.000000346. The average Bonchev–Trinajstić information content (AvgIpc) is 2.02. The second-order valence-corrected chi connectivity index (χ2v) is 5.41. The monoisotopic (exact) mass is 236 g/mol. The predicted octanol–water partition coefficient (Wildman–Crippen LogP) is -1.16. The molecule has 0 aliphatic heterocycles. The normalized spacial score (nSPS) is 35.1. The van der Waals surface area contributed by atoms with Crippen molar-refractivity contribution in [2.24, 2.45) is 23.2 Å². The summed E-state index contributed by atoms with van der Waals surface area (Å²) in [6.45, 7) is 8.32. The van der Waals surface area contributed by atoms with Gasteiger partial charge in [-0.1, -0.05) is 27.2 Å². The minimum Gasteiger partial charge on any atom is -0.550 e. The standard InChI is InChI=1S/C10H18.C2H4O2.K/c1-7-4-5-8-6-9(7)10(8,2)3;1-2(3)4;/h7-9H,4-6H2,1-3H3;1H3,(H,3,4);/q;;+1/p-1. The molecule has 0 aromatic carbocycles. The topological polar surface area (TPSA) is 40.1 Å². The van der Waals surface area contributed by atoms with Crippen LogP contribution in [0.5, 0.6) is 0 Å². The molecule has 3 fully saturated rings. The maximum atomic E-state index is 8.89. The van der Waals surface area contributed by atoms with Crippen LogP contribution in [-0.4, -0.2) is 5.97 Å². The van der Waals surface area contributed by atoms with Crippen LogP contribution < -0.4 is 56.5 Å². The molecule has 0 saturated heterocycles. The summed E-state index contributed by atoms with van der Waals surface area (Å²) in [6.07, 6.45) is 4.54. The van der Waals surface area contributed by atoms with Crippen LogP contribution >= 0.6 is 0 Å². The maximum absolute atomic E-state index is 8.89. The SMILES string of the molecule is CC(=O)[O-].CC1CCC2CC1C2(C)C.[K+]. The number of carbonyl (C=O) groups is 1. The molecular formula is C12H21KO2. The van der Waals surface area contributed by atoms with Gasteiger partial charge < -0.3 is 9.90 Å². The molecule has 2 bridgehead atoms. The van der Waals surface area contributed by atoms with Crippen molar-refractivity contribution in [3.05, 3.63) is 0 Å². The van der Waals surface area contributed by atoms with Gasteiger partial charge >= 0.3 is 51.4 Å². The number of carbonyl (C=O) groups excluding carboxylic acids is 1. The first-order chi connectivity index (χ1) is 6.35. The second-order valence-electron chi connectivity index (χ2n) is 5.41. The summed E-state index contributed by atoms with van der Waals surface area (Å²) in [5.41, 5.74) is 0.706. The molecule has 0 aromatic rings. The molecule has 3 atom stereocenters. The zero-order valence-corrected chi connectivity index (χ0v) is 13.8. The predicted molar refractivity (Wildman–Crippen MR) is 54.5 cm³/mol. The first-order valence-corrected chi connectivity index (χ1v) is 5.53. The van der Waals surface area contributed by atoms with Crippen molar-refractivity contribution in [2.75, 3.05) is 0 Å². The van der Waals surface area contributed by atoms with Gasteiger partial charge in [-0.05, 0) is 42.9 Å². The summed E-state index contributed by atoms with van der Waals surface area (Å²) in [5, 5.41) is 8.89. The number of rotatable bonds is 0. The van der Waals surface area contributed by atoms with Crippen molar-refractivity contribution in [1.82, 2.24) is 0 Å². The number of aliphatic carboxylic acids is 1. The van der Waals surface area contributed by atoms with E-state index in [1.165, 1.54) is 19.3 Å². The minimum atomic E-state index is -1.08. The van der Waals surface area contributed by atoms with E-state index in [-0.39, 0.29) is 51.4 Å². The molecule has 82 valence electrons. The molecule has 0 N–H and O–H groups in total. The summed E-state index contributed by atoms with van der Waals surface area (Å²) in [7, 11) is 0. The van der Waals surface area contributed by atoms with Gasteiger partial charge in [-0.15, -0.1) is 0 Å². The first kappa shape index (κ1) is 16.1. The molecule has 3 heteroatoms. The number of fused-ring (bicyclic) bond motifs is 2. The summed E-state index contributed by atoms with van der Waals surface area (Å²) in [6, 6.07) is 0. The summed E-state index contributed by atoms with van der Waals surface area (Å²) in [5.74, 6) is 2.07. The Labute approximate surface area is 136 Å². The molecule has 0 spiro atoms. The van der Waals surface area contributed by atoms with E-state index < -0.39 is 5.97 Å². The Morgan fingerprint density at radius 1 is 1.33 bits per heavy atom. The van der Waals surface area contributed by atoms with Gasteiger partial charge in [-0.25, -0.2) is 0 Å². The van der Waals surface area contributed by atoms with Crippen molar-refractivity contribution in [3.8, 4) is 0 Å². The molecule has 3 aliphatic rings. The zero-order valence-electron chi connectivity index (χ0n) is 10.7. The van der Waals surface area contributed by atoms with Gasteiger partial charge in [0.2, 0.25) is 0 Å². The Hall–Kier alpha value is 1.11. The van der Waals surface area contributed by atoms with Crippen LogP contribution in [0.15, 0.2) is 0 Å². The number of carboxylic acids is 1. The quantitative estimate of drug-likeness (QED) is 0.498. The smallest absolute Gasteiger partial charge is 0.550 e. The Morgan fingerprint density at radius 2 is 1.80 bits per heavy atom. The van der Waals surface area contributed by atoms with Crippen LogP contribution in [0.3, 0.4) is 0 Å². The molecule has 0 amide bonds. The second kappa shape index (κ2) is 6.15. The van der Waals surface area contributed by atoms with E-state index in [2.05, 4.69) is 20.8 Å². The third-order valence-corrected chi connectivity index (χ3v) is 4.20. The van der Waals surface area contributed by atoms with Gasteiger partial charge in [0, 0.05) is 5.97 Å². The van der Waals surface area contributed by atoms with Crippen LogP contribution in [0, 0.1) is 23.2 Å². The Bertz CT molecular complexity index is 220. The first-order valence-electron chi connectivity index (χ1n) is 5.53. The number of hydrogen-bond donors (Lipinski definition) is 0. The minimum absolute atomic E-state index is 0. The molecule has 15 heavy (non-hydrogen) atoms. The van der Waals surface area contributed by atoms with E-state index in [0.717, 1.165) is 24.7 Å². The third kappa shape index (κ3) is 3.81. The van der Waals surface area contributed by atoms with Crippen LogP contribution in [0.4, 0.5) is 0 Å². The van der Waals surface area contributed by atoms with Crippen LogP contribution in [-0.2, 0) is 4.79 Å². The maximum Gasteiger partial charge on any atom is 1.00 e. The van der Waals surface area contributed by atoms with Gasteiger partial charge in [-0.2, -0.15) is 0 Å². The van der Waals surface area contributed by atoms with Crippen LogP contribution in [0.1, 0.15) is 47.0 Å². The third-order valence-electron chi connectivity index (χ3n) is 4.20. The van der Waals surface area contributed by atoms with Crippen molar-refractivity contribution >= 4 is 5.97 Å². The van der Waals surface area contributed by atoms with Crippen molar-refractivity contribution in [1.29, 1.82) is 0 Å². The van der Waals surface area contributed by atoms with Crippen molar-refractivity contribution in [3.63, 3.8) is 0 Å². The zero-order chi connectivity index (χ0) is 10.9. The molecule has 3 rings (SSSR count). The fourth-order valence-electron chi connectivity index (χ4n) is 3.18. The molecule has 3 saturated carbocycles. The summed E-state index contributed by atoms with van der Waals surface area (Å²) >= 11 is 0. The molecule has 0 heterocycles. The Morgan fingerprint density at radius 3 is 2.00 bits per heavy atom. The molecule has 0 aromatic heterocycles. The van der Waals surface area contributed by atoms with E-state index in [9.17, 15) is 0 Å². The van der Waals surface area contributed by atoms with Crippen LogP contribution in [0.25, 0.3) is 0 Å². The Kier molecular flexibility index (Phi) is 6.60. The van der Waals surface area contributed by atoms with Gasteiger partial charge in [-0.3, -0.25) is 0 Å². The molecular weight excluding hydrogens is 215 g/mol. The fourth-order valence-corrected chi connectivity index (χ4v) is 3.18. The summed E-state index contributed by atoms with van der Waals surface area (Å²) in [4.78, 5) is 8.89. The van der Waals surface area contributed by atoms with Gasteiger partial charge in [0.25, 0.3) is 0 Å². The van der Waals surface area contributed by atoms with E-state index in [4.69, 9.17) is 9.90 Å². The van der Waals surface area contributed by atoms with E-state index in [0.29, 0.717) is 5.41 Å². The van der Waals surface area contributed by atoms with E-state index >= 15 is 0 Å². The van der Waals surface area contributed by atoms with Crippen molar-refractivity contribution in [2.45, 2.75) is 47.0 Å². The van der Waals surface area contributed by atoms with Crippen LogP contribution in [0.2, 0.25) is 0 Å². The molecule has 3 aliphatic carbocycles.